The van der Waals surface area contributed by atoms with E-state index in [1.807, 2.05) is 19.1 Å². The molecule has 72 valence electrons. The van der Waals surface area contributed by atoms with E-state index in [2.05, 4.69) is 11.9 Å². The van der Waals surface area contributed by atoms with Gasteiger partial charge in [-0.1, -0.05) is 6.92 Å². The van der Waals surface area contributed by atoms with E-state index in [-0.39, 0.29) is 6.10 Å². The Morgan fingerprint density at radius 3 is 3.00 bits per heavy atom. The van der Waals surface area contributed by atoms with Gasteiger partial charge in [-0.05, 0) is 25.0 Å². The van der Waals surface area contributed by atoms with Crippen LogP contribution >= 0.6 is 0 Å². The maximum absolute atomic E-state index is 5.54. The molecule has 0 aliphatic rings. The monoisotopic (exact) mass is 180 g/mol. The zero-order valence-corrected chi connectivity index (χ0v) is 8.16. The second kappa shape index (κ2) is 4.82. The summed E-state index contributed by atoms with van der Waals surface area (Å²) in [5, 5.41) is 0. The molecule has 0 aliphatic carbocycles. The van der Waals surface area contributed by atoms with Gasteiger partial charge in [-0.15, -0.1) is 0 Å². The molecular weight excluding hydrogens is 164 g/mol. The predicted molar refractivity (Wildman–Crippen MR) is 52.5 cm³/mol. The molecule has 1 heterocycles. The van der Waals surface area contributed by atoms with E-state index in [0.29, 0.717) is 12.4 Å². The molecule has 0 saturated heterocycles. The van der Waals surface area contributed by atoms with Crippen LogP contribution in [0, 0.1) is 0 Å². The number of ether oxygens (including phenoxy) is 1. The van der Waals surface area contributed by atoms with E-state index in [1.165, 1.54) is 0 Å². The van der Waals surface area contributed by atoms with Crippen LogP contribution in [-0.4, -0.2) is 11.1 Å². The summed E-state index contributed by atoms with van der Waals surface area (Å²) in [4.78, 5) is 4.10. The van der Waals surface area contributed by atoms with E-state index >= 15 is 0 Å². The Labute approximate surface area is 78.9 Å². The van der Waals surface area contributed by atoms with Crippen molar-refractivity contribution in [2.75, 3.05) is 0 Å². The summed E-state index contributed by atoms with van der Waals surface area (Å²) in [5.41, 5.74) is 6.55. The highest BCUT2D eigenvalue weighted by atomic mass is 16.5. The van der Waals surface area contributed by atoms with Crippen LogP contribution in [0.1, 0.15) is 25.8 Å². The SMILES string of the molecule is CC[C@@H](C)Oc1cc(CN)ccn1. The van der Waals surface area contributed by atoms with Gasteiger partial charge in [0.15, 0.2) is 0 Å². The van der Waals surface area contributed by atoms with Crippen LogP contribution in [0.4, 0.5) is 0 Å². The third-order valence-corrected chi connectivity index (χ3v) is 1.93. The summed E-state index contributed by atoms with van der Waals surface area (Å²) < 4.78 is 5.54. The molecule has 0 radical (unpaired) electrons. The van der Waals surface area contributed by atoms with Gasteiger partial charge in [-0.2, -0.15) is 0 Å². The van der Waals surface area contributed by atoms with Gasteiger partial charge in [0.1, 0.15) is 0 Å². The number of nitrogens with zero attached hydrogens (tertiary/aromatic N) is 1. The summed E-state index contributed by atoms with van der Waals surface area (Å²) in [5.74, 6) is 0.664. The van der Waals surface area contributed by atoms with Crippen molar-refractivity contribution >= 4 is 0 Å². The third kappa shape index (κ3) is 3.03. The normalized spacial score (nSPS) is 12.5. The van der Waals surface area contributed by atoms with E-state index in [4.69, 9.17) is 10.5 Å². The topological polar surface area (TPSA) is 48.1 Å². The van der Waals surface area contributed by atoms with Crippen LogP contribution in [0.25, 0.3) is 0 Å². The molecule has 3 heteroatoms. The Morgan fingerprint density at radius 2 is 2.38 bits per heavy atom. The van der Waals surface area contributed by atoms with Crippen LogP contribution in [0.5, 0.6) is 5.88 Å². The van der Waals surface area contributed by atoms with Crippen molar-refractivity contribution in [2.24, 2.45) is 5.73 Å². The fourth-order valence-corrected chi connectivity index (χ4v) is 0.931. The maximum atomic E-state index is 5.54. The van der Waals surface area contributed by atoms with Crippen molar-refractivity contribution in [1.82, 2.24) is 4.98 Å². The van der Waals surface area contributed by atoms with Crippen molar-refractivity contribution in [3.05, 3.63) is 23.9 Å². The molecule has 0 fully saturated rings. The van der Waals surface area contributed by atoms with Crippen molar-refractivity contribution < 1.29 is 4.74 Å². The van der Waals surface area contributed by atoms with Gasteiger partial charge in [0.25, 0.3) is 0 Å². The first-order valence-electron chi connectivity index (χ1n) is 4.58. The van der Waals surface area contributed by atoms with Crippen molar-refractivity contribution in [3.8, 4) is 5.88 Å². The quantitative estimate of drug-likeness (QED) is 0.767. The molecular formula is C10H16N2O. The molecule has 0 unspecified atom stereocenters. The fourth-order valence-electron chi connectivity index (χ4n) is 0.931. The number of rotatable bonds is 4. The largest absolute Gasteiger partial charge is 0.475 e. The van der Waals surface area contributed by atoms with Gasteiger partial charge < -0.3 is 10.5 Å². The first kappa shape index (κ1) is 9.99. The highest BCUT2D eigenvalue weighted by molar-refractivity contribution is 5.20. The van der Waals surface area contributed by atoms with E-state index < -0.39 is 0 Å². The minimum absolute atomic E-state index is 0.209. The van der Waals surface area contributed by atoms with Crippen LogP contribution < -0.4 is 10.5 Å². The second-order valence-corrected chi connectivity index (χ2v) is 3.04. The third-order valence-electron chi connectivity index (χ3n) is 1.93. The Hall–Kier alpha value is -1.09. The van der Waals surface area contributed by atoms with Crippen LogP contribution in [0.3, 0.4) is 0 Å². The first-order chi connectivity index (χ1) is 6.26. The van der Waals surface area contributed by atoms with Gasteiger partial charge in [-0.25, -0.2) is 4.98 Å². The first-order valence-corrected chi connectivity index (χ1v) is 4.58. The van der Waals surface area contributed by atoms with Crippen molar-refractivity contribution in [3.63, 3.8) is 0 Å². The average molecular weight is 180 g/mol. The number of hydrogen-bond acceptors (Lipinski definition) is 3. The molecule has 0 aromatic carbocycles. The van der Waals surface area contributed by atoms with Gasteiger partial charge in [-0.3, -0.25) is 0 Å². The molecule has 3 nitrogen and oxygen atoms in total. The van der Waals surface area contributed by atoms with Crippen LogP contribution in [0.2, 0.25) is 0 Å². The van der Waals surface area contributed by atoms with E-state index in [9.17, 15) is 0 Å². The van der Waals surface area contributed by atoms with Gasteiger partial charge >= 0.3 is 0 Å². The summed E-state index contributed by atoms with van der Waals surface area (Å²) in [6, 6.07) is 3.77. The molecule has 13 heavy (non-hydrogen) atoms. The standard InChI is InChI=1S/C10H16N2O/c1-3-8(2)13-10-6-9(7-11)4-5-12-10/h4-6,8H,3,7,11H2,1-2H3/t8-/m1/s1. The van der Waals surface area contributed by atoms with Crippen molar-refractivity contribution in [2.45, 2.75) is 32.9 Å². The van der Waals surface area contributed by atoms with E-state index in [1.54, 1.807) is 6.20 Å². The smallest absolute Gasteiger partial charge is 0.213 e. The lowest BCUT2D eigenvalue weighted by atomic mass is 10.2. The summed E-state index contributed by atoms with van der Waals surface area (Å²) in [6.07, 6.45) is 2.91. The number of nitrogens with two attached hydrogens (primary N) is 1. The zero-order chi connectivity index (χ0) is 9.68. The molecule has 1 rings (SSSR count). The molecule has 0 amide bonds. The lowest BCUT2D eigenvalue weighted by Gasteiger charge is -2.11. The lowest BCUT2D eigenvalue weighted by molar-refractivity contribution is 0.208. The van der Waals surface area contributed by atoms with Crippen LogP contribution in [-0.2, 0) is 6.54 Å². The minimum atomic E-state index is 0.209. The lowest BCUT2D eigenvalue weighted by Crippen LogP contribution is -2.11. The zero-order valence-electron chi connectivity index (χ0n) is 8.16. The number of hydrogen-bond donors (Lipinski definition) is 1. The average Bonchev–Trinajstić information content (AvgIpc) is 2.18. The summed E-state index contributed by atoms with van der Waals surface area (Å²) >= 11 is 0. The predicted octanol–water partition coefficient (Wildman–Crippen LogP) is 1.72. The van der Waals surface area contributed by atoms with Gasteiger partial charge in [0, 0.05) is 18.8 Å². The second-order valence-electron chi connectivity index (χ2n) is 3.04. The fraction of sp³-hybridized carbons (Fsp3) is 0.500. The summed E-state index contributed by atoms with van der Waals surface area (Å²) in [7, 11) is 0. The Kier molecular flexibility index (Phi) is 3.71. The number of pyridine rings is 1. The number of aromatic nitrogens is 1. The van der Waals surface area contributed by atoms with E-state index in [0.717, 1.165) is 12.0 Å². The highest BCUT2D eigenvalue weighted by Gasteiger charge is 2.01. The van der Waals surface area contributed by atoms with Gasteiger partial charge in [0.05, 0.1) is 6.10 Å². The molecule has 0 saturated carbocycles. The molecule has 1 aromatic rings. The molecule has 0 aliphatic heterocycles. The molecule has 2 N–H and O–H groups in total. The minimum Gasteiger partial charge on any atom is -0.475 e. The molecule has 1 atom stereocenters. The highest BCUT2D eigenvalue weighted by Crippen LogP contribution is 2.11. The van der Waals surface area contributed by atoms with Crippen molar-refractivity contribution in [1.29, 1.82) is 0 Å². The molecule has 0 spiro atoms. The Morgan fingerprint density at radius 1 is 1.62 bits per heavy atom. The maximum Gasteiger partial charge on any atom is 0.213 e. The summed E-state index contributed by atoms with van der Waals surface area (Å²) in [6.45, 7) is 4.63. The Balaban J connectivity index is 2.66. The van der Waals surface area contributed by atoms with Gasteiger partial charge in [0.2, 0.25) is 5.88 Å². The molecule has 0 bridgehead atoms. The Bertz CT molecular complexity index is 263. The van der Waals surface area contributed by atoms with Crippen LogP contribution in [0.15, 0.2) is 18.3 Å². The molecule has 1 aromatic heterocycles.